The molecule has 8 heteroatoms. The molecule has 1 aromatic rings. The van der Waals surface area contributed by atoms with Gasteiger partial charge in [0.05, 0.1) is 12.8 Å². The molecule has 0 aliphatic heterocycles. The smallest absolute Gasteiger partial charge is 0.321 e. The van der Waals surface area contributed by atoms with Crippen LogP contribution < -0.4 is 5.73 Å². The summed E-state index contributed by atoms with van der Waals surface area (Å²) in [6, 6.07) is 4.09. The van der Waals surface area contributed by atoms with E-state index in [1.165, 1.54) is 19.2 Å². The number of anilines is 1. The Morgan fingerprint density at radius 3 is 2.50 bits per heavy atom. The number of esters is 1. The highest BCUT2D eigenvalue weighted by atomic mass is 79.9. The number of hydrogen-bond acceptors (Lipinski definition) is 5. The van der Waals surface area contributed by atoms with Crippen LogP contribution in [0.2, 0.25) is 0 Å². The first-order valence-corrected chi connectivity index (χ1v) is 8.07. The standard InChI is InChI=1S/C12H17BrN2O4S/c1-8(2)15(7-12(16)19-3)20(17,18)11-5-4-9(13)6-10(11)14/h4-6,8H,7,14H2,1-3H3. The number of rotatable bonds is 5. The number of methoxy groups -OCH3 is 1. The molecule has 0 atom stereocenters. The number of halogens is 1. The van der Waals surface area contributed by atoms with Crippen molar-refractivity contribution in [1.29, 1.82) is 0 Å². The minimum absolute atomic E-state index is 0.0293. The maximum absolute atomic E-state index is 12.6. The number of ether oxygens (including phenoxy) is 1. The average molecular weight is 365 g/mol. The summed E-state index contributed by atoms with van der Waals surface area (Å²) in [5.74, 6) is -0.627. The summed E-state index contributed by atoms with van der Waals surface area (Å²) in [5.41, 5.74) is 5.88. The van der Waals surface area contributed by atoms with Gasteiger partial charge < -0.3 is 10.5 Å². The topological polar surface area (TPSA) is 89.7 Å². The number of sulfonamides is 1. The lowest BCUT2D eigenvalue weighted by atomic mass is 10.3. The van der Waals surface area contributed by atoms with Crippen LogP contribution in [0.3, 0.4) is 0 Å². The largest absolute Gasteiger partial charge is 0.468 e. The second-order valence-corrected chi connectivity index (χ2v) is 7.18. The van der Waals surface area contributed by atoms with Crippen molar-refractivity contribution in [3.05, 3.63) is 22.7 Å². The Bertz CT molecular complexity index is 601. The second kappa shape index (κ2) is 6.55. The van der Waals surface area contributed by atoms with Gasteiger partial charge in [-0.2, -0.15) is 4.31 Å². The van der Waals surface area contributed by atoms with E-state index in [2.05, 4.69) is 20.7 Å². The molecule has 0 saturated heterocycles. The Morgan fingerprint density at radius 2 is 2.05 bits per heavy atom. The summed E-state index contributed by atoms with van der Waals surface area (Å²) in [6.45, 7) is 3.00. The summed E-state index contributed by atoms with van der Waals surface area (Å²) in [7, 11) is -2.66. The van der Waals surface area contributed by atoms with Crippen LogP contribution in [0.5, 0.6) is 0 Å². The van der Waals surface area contributed by atoms with Gasteiger partial charge in [-0.15, -0.1) is 0 Å². The number of nitrogens with two attached hydrogens (primary N) is 1. The molecule has 0 fully saturated rings. The van der Waals surface area contributed by atoms with Gasteiger partial charge in [-0.25, -0.2) is 8.42 Å². The van der Waals surface area contributed by atoms with E-state index in [1.54, 1.807) is 19.9 Å². The van der Waals surface area contributed by atoms with E-state index < -0.39 is 22.0 Å². The van der Waals surface area contributed by atoms with Crippen molar-refractivity contribution < 1.29 is 17.9 Å². The first-order chi connectivity index (χ1) is 9.20. The third kappa shape index (κ3) is 3.71. The van der Waals surface area contributed by atoms with Gasteiger partial charge in [0.25, 0.3) is 0 Å². The van der Waals surface area contributed by atoms with E-state index in [4.69, 9.17) is 5.73 Å². The first-order valence-electron chi connectivity index (χ1n) is 5.83. The van der Waals surface area contributed by atoms with E-state index in [0.29, 0.717) is 4.47 Å². The molecule has 112 valence electrons. The summed E-state index contributed by atoms with van der Waals surface area (Å²) < 4.78 is 31.4. The van der Waals surface area contributed by atoms with Crippen LogP contribution in [0.15, 0.2) is 27.6 Å². The molecule has 0 spiro atoms. The molecule has 1 rings (SSSR count). The van der Waals surface area contributed by atoms with Crippen molar-refractivity contribution in [2.75, 3.05) is 19.4 Å². The van der Waals surface area contributed by atoms with Gasteiger partial charge in [0, 0.05) is 10.5 Å². The Labute approximate surface area is 127 Å². The third-order valence-corrected chi connectivity index (χ3v) is 5.24. The van der Waals surface area contributed by atoms with Crippen LogP contribution in [0.1, 0.15) is 13.8 Å². The summed E-state index contributed by atoms with van der Waals surface area (Å²) >= 11 is 3.22. The first kappa shape index (κ1) is 16.9. The van der Waals surface area contributed by atoms with Crippen molar-refractivity contribution in [3.8, 4) is 0 Å². The van der Waals surface area contributed by atoms with E-state index in [0.717, 1.165) is 4.31 Å². The maximum Gasteiger partial charge on any atom is 0.321 e. The lowest BCUT2D eigenvalue weighted by molar-refractivity contribution is -0.141. The average Bonchev–Trinajstić information content (AvgIpc) is 2.34. The normalized spacial score (nSPS) is 11.9. The molecule has 0 heterocycles. The Balaban J connectivity index is 3.26. The van der Waals surface area contributed by atoms with Crippen LogP contribution in [-0.4, -0.2) is 38.4 Å². The van der Waals surface area contributed by atoms with Crippen LogP contribution in [0.25, 0.3) is 0 Å². The van der Waals surface area contributed by atoms with Crippen molar-refractivity contribution in [3.63, 3.8) is 0 Å². The minimum atomic E-state index is -3.87. The highest BCUT2D eigenvalue weighted by Crippen LogP contribution is 2.26. The molecule has 0 amide bonds. The number of carbonyl (C=O) groups is 1. The predicted octanol–water partition coefficient (Wildman–Crippen LogP) is 1.60. The molecule has 2 N–H and O–H groups in total. The molecule has 0 aromatic heterocycles. The molecule has 0 aliphatic rings. The van der Waals surface area contributed by atoms with Gasteiger partial charge in [0.1, 0.15) is 11.4 Å². The van der Waals surface area contributed by atoms with Gasteiger partial charge in [0.15, 0.2) is 0 Å². The monoisotopic (exact) mass is 364 g/mol. The molecular weight excluding hydrogens is 348 g/mol. The molecule has 0 unspecified atom stereocenters. The highest BCUT2D eigenvalue weighted by Gasteiger charge is 2.30. The zero-order valence-electron chi connectivity index (χ0n) is 11.5. The quantitative estimate of drug-likeness (QED) is 0.632. The molecule has 6 nitrogen and oxygen atoms in total. The predicted molar refractivity (Wildman–Crippen MR) is 79.6 cm³/mol. The zero-order valence-corrected chi connectivity index (χ0v) is 13.9. The third-order valence-electron chi connectivity index (χ3n) is 2.65. The summed E-state index contributed by atoms with van der Waals surface area (Å²) in [6.07, 6.45) is 0. The molecule has 0 aliphatic carbocycles. The van der Waals surface area contributed by atoms with E-state index >= 15 is 0 Å². The summed E-state index contributed by atoms with van der Waals surface area (Å²) in [4.78, 5) is 11.3. The Morgan fingerprint density at radius 1 is 1.45 bits per heavy atom. The summed E-state index contributed by atoms with van der Waals surface area (Å²) in [5, 5.41) is 0. The minimum Gasteiger partial charge on any atom is -0.468 e. The number of hydrogen-bond donors (Lipinski definition) is 1. The molecule has 0 radical (unpaired) electrons. The number of nitrogen functional groups attached to an aromatic ring is 1. The van der Waals surface area contributed by atoms with Gasteiger partial charge in [-0.05, 0) is 32.0 Å². The lowest BCUT2D eigenvalue weighted by Crippen LogP contribution is -2.41. The number of carbonyl (C=O) groups excluding carboxylic acids is 1. The van der Waals surface area contributed by atoms with Gasteiger partial charge in [-0.1, -0.05) is 15.9 Å². The van der Waals surface area contributed by atoms with Crippen LogP contribution in [0, 0.1) is 0 Å². The van der Waals surface area contributed by atoms with Crippen LogP contribution in [-0.2, 0) is 19.6 Å². The molecule has 0 bridgehead atoms. The van der Waals surface area contributed by atoms with Crippen molar-refractivity contribution in [2.45, 2.75) is 24.8 Å². The molecular formula is C12H17BrN2O4S. The SMILES string of the molecule is COC(=O)CN(C(C)C)S(=O)(=O)c1ccc(Br)cc1N. The fraction of sp³-hybridized carbons (Fsp3) is 0.417. The van der Waals surface area contributed by atoms with Crippen LogP contribution >= 0.6 is 15.9 Å². The van der Waals surface area contributed by atoms with Gasteiger partial charge in [-0.3, -0.25) is 4.79 Å². The molecule has 0 saturated carbocycles. The molecule has 20 heavy (non-hydrogen) atoms. The Hall–Kier alpha value is -1.12. The fourth-order valence-electron chi connectivity index (χ4n) is 1.62. The number of benzene rings is 1. The lowest BCUT2D eigenvalue weighted by Gasteiger charge is -2.25. The van der Waals surface area contributed by atoms with Crippen molar-refractivity contribution >= 4 is 37.6 Å². The number of nitrogens with zero attached hydrogens (tertiary/aromatic N) is 1. The Kier molecular flexibility index (Phi) is 5.55. The van der Waals surface area contributed by atoms with Crippen molar-refractivity contribution in [2.24, 2.45) is 0 Å². The fourth-order valence-corrected chi connectivity index (χ4v) is 3.68. The van der Waals surface area contributed by atoms with Crippen LogP contribution in [0.4, 0.5) is 5.69 Å². The van der Waals surface area contributed by atoms with Gasteiger partial charge in [0.2, 0.25) is 10.0 Å². The second-order valence-electron chi connectivity index (χ2n) is 4.40. The molecule has 1 aromatic carbocycles. The van der Waals surface area contributed by atoms with E-state index in [9.17, 15) is 13.2 Å². The highest BCUT2D eigenvalue weighted by molar-refractivity contribution is 9.10. The van der Waals surface area contributed by atoms with E-state index in [1.807, 2.05) is 0 Å². The zero-order chi connectivity index (χ0) is 15.5. The maximum atomic E-state index is 12.6. The van der Waals surface area contributed by atoms with Gasteiger partial charge >= 0.3 is 5.97 Å². The van der Waals surface area contributed by atoms with E-state index in [-0.39, 0.29) is 17.1 Å². The van der Waals surface area contributed by atoms with Crippen molar-refractivity contribution in [1.82, 2.24) is 4.31 Å².